The Balaban J connectivity index is 0.00000208. The number of likely N-dealkylation sites (tertiary alicyclic amines) is 1. The Morgan fingerprint density at radius 2 is 1.96 bits per heavy atom. The third kappa shape index (κ3) is 4.27. The minimum Gasteiger partial charge on any atom is -0.341 e. The summed E-state index contributed by atoms with van der Waals surface area (Å²) in [4.78, 5) is 15.1. The molecule has 2 fully saturated rings. The quantitative estimate of drug-likeness (QED) is 0.864. The largest absolute Gasteiger partial charge is 0.341 e. The van der Waals surface area contributed by atoms with Crippen LogP contribution in [0.3, 0.4) is 0 Å². The molecule has 2 N–H and O–H groups in total. The number of nitrogens with zero attached hydrogens (tertiary/aromatic N) is 1. The molecule has 0 radical (unpaired) electrons. The predicted octanol–water partition coefficient (Wildman–Crippen LogP) is 3.56. The summed E-state index contributed by atoms with van der Waals surface area (Å²) in [6, 6.07) is 10.7. The fraction of sp³-hybridized carbons (Fsp3) is 0.632. The summed E-state index contributed by atoms with van der Waals surface area (Å²) >= 11 is 1.78. The topological polar surface area (TPSA) is 46.3 Å². The average molecular weight is 369 g/mol. The molecule has 4 atom stereocenters. The van der Waals surface area contributed by atoms with Crippen molar-refractivity contribution in [1.82, 2.24) is 4.90 Å². The van der Waals surface area contributed by atoms with Crippen molar-refractivity contribution < 1.29 is 4.79 Å². The molecule has 1 aliphatic heterocycles. The molecule has 1 saturated heterocycles. The number of benzene rings is 1. The van der Waals surface area contributed by atoms with Crippen LogP contribution in [0.5, 0.6) is 0 Å². The highest BCUT2D eigenvalue weighted by atomic mass is 35.5. The number of halogens is 1. The van der Waals surface area contributed by atoms with Crippen LogP contribution < -0.4 is 5.73 Å². The highest BCUT2D eigenvalue weighted by molar-refractivity contribution is 7.99. The van der Waals surface area contributed by atoms with Crippen LogP contribution in [0.15, 0.2) is 30.3 Å². The highest BCUT2D eigenvalue weighted by Crippen LogP contribution is 2.38. The summed E-state index contributed by atoms with van der Waals surface area (Å²) < 4.78 is 0. The molecular formula is C19H29ClN2OS. The van der Waals surface area contributed by atoms with Gasteiger partial charge in [-0.05, 0) is 36.2 Å². The van der Waals surface area contributed by atoms with E-state index in [9.17, 15) is 4.79 Å². The summed E-state index contributed by atoms with van der Waals surface area (Å²) in [6.45, 7) is 6.11. The number of carbonyl (C=O) groups is 1. The lowest BCUT2D eigenvalue weighted by molar-refractivity contribution is -0.130. The molecule has 0 spiro atoms. The van der Waals surface area contributed by atoms with Crippen molar-refractivity contribution in [3.8, 4) is 0 Å². The van der Waals surface area contributed by atoms with Gasteiger partial charge < -0.3 is 10.6 Å². The maximum Gasteiger partial charge on any atom is 0.235 e. The molecule has 134 valence electrons. The molecule has 0 bridgehead atoms. The molecule has 1 amide bonds. The van der Waals surface area contributed by atoms with Crippen LogP contribution in [0.4, 0.5) is 0 Å². The highest BCUT2D eigenvalue weighted by Gasteiger charge is 2.43. The third-order valence-electron chi connectivity index (χ3n) is 5.35. The molecule has 1 heterocycles. The second kappa shape index (κ2) is 8.59. The van der Waals surface area contributed by atoms with Gasteiger partial charge in [-0.15, -0.1) is 24.2 Å². The van der Waals surface area contributed by atoms with Crippen molar-refractivity contribution in [2.24, 2.45) is 23.5 Å². The minimum atomic E-state index is 0. The van der Waals surface area contributed by atoms with E-state index in [1.807, 2.05) is 6.07 Å². The second-order valence-electron chi connectivity index (χ2n) is 7.37. The zero-order valence-corrected chi connectivity index (χ0v) is 16.2. The summed E-state index contributed by atoms with van der Waals surface area (Å²) in [5.74, 6) is 2.75. The van der Waals surface area contributed by atoms with E-state index in [4.69, 9.17) is 5.73 Å². The van der Waals surface area contributed by atoms with Crippen LogP contribution in [-0.4, -0.2) is 35.2 Å². The van der Waals surface area contributed by atoms with Gasteiger partial charge in [0.15, 0.2) is 0 Å². The molecule has 3 rings (SSSR count). The first kappa shape index (κ1) is 19.6. The van der Waals surface area contributed by atoms with Crippen LogP contribution in [0.1, 0.15) is 32.3 Å². The lowest BCUT2D eigenvalue weighted by atomic mass is 9.98. The van der Waals surface area contributed by atoms with Gasteiger partial charge in [-0.2, -0.15) is 0 Å². The number of carbonyl (C=O) groups excluding carboxylic acids is 1. The Morgan fingerprint density at radius 3 is 2.58 bits per heavy atom. The number of hydrogen-bond donors (Lipinski definition) is 1. The van der Waals surface area contributed by atoms with Crippen molar-refractivity contribution in [3.05, 3.63) is 35.9 Å². The molecule has 1 aliphatic carbocycles. The smallest absolute Gasteiger partial charge is 0.235 e. The van der Waals surface area contributed by atoms with E-state index >= 15 is 0 Å². The first-order chi connectivity index (χ1) is 11.1. The van der Waals surface area contributed by atoms with Gasteiger partial charge in [0.1, 0.15) is 0 Å². The van der Waals surface area contributed by atoms with Gasteiger partial charge in [-0.1, -0.05) is 44.2 Å². The molecule has 1 saturated carbocycles. The molecule has 5 heteroatoms. The first-order valence-corrected chi connectivity index (χ1v) is 9.81. The maximum atomic E-state index is 13.0. The molecular weight excluding hydrogens is 340 g/mol. The van der Waals surface area contributed by atoms with E-state index in [2.05, 4.69) is 43.0 Å². The van der Waals surface area contributed by atoms with Crippen molar-refractivity contribution in [1.29, 1.82) is 0 Å². The second-order valence-corrected chi connectivity index (χ2v) is 8.50. The molecule has 3 nitrogen and oxygen atoms in total. The van der Waals surface area contributed by atoms with E-state index in [0.717, 1.165) is 25.3 Å². The predicted molar refractivity (Wildman–Crippen MR) is 104 cm³/mol. The number of rotatable bonds is 5. The molecule has 0 aromatic heterocycles. The Kier molecular flexibility index (Phi) is 7.02. The normalized spacial score (nSPS) is 27.0. The van der Waals surface area contributed by atoms with Crippen LogP contribution in [0.25, 0.3) is 0 Å². The monoisotopic (exact) mass is 368 g/mol. The Bertz CT molecular complexity index is 539. The third-order valence-corrected chi connectivity index (χ3v) is 6.95. The molecule has 4 unspecified atom stereocenters. The molecule has 1 aromatic carbocycles. The molecule has 24 heavy (non-hydrogen) atoms. The van der Waals surface area contributed by atoms with Crippen LogP contribution in [-0.2, 0) is 10.5 Å². The van der Waals surface area contributed by atoms with E-state index in [-0.39, 0.29) is 17.7 Å². The Morgan fingerprint density at radius 1 is 1.25 bits per heavy atom. The summed E-state index contributed by atoms with van der Waals surface area (Å²) in [7, 11) is 0. The average Bonchev–Trinajstić information content (AvgIpc) is 3.10. The zero-order valence-electron chi connectivity index (χ0n) is 14.6. The van der Waals surface area contributed by atoms with E-state index in [1.165, 1.54) is 12.0 Å². The fourth-order valence-corrected chi connectivity index (χ4v) is 5.22. The Hall–Kier alpha value is -0.710. The van der Waals surface area contributed by atoms with Gasteiger partial charge in [0.05, 0.1) is 5.25 Å². The van der Waals surface area contributed by atoms with E-state index in [1.54, 1.807) is 11.8 Å². The van der Waals surface area contributed by atoms with Crippen LogP contribution in [0, 0.1) is 17.8 Å². The summed E-state index contributed by atoms with van der Waals surface area (Å²) in [5.41, 5.74) is 7.50. The standard InChI is InChI=1S/C19H28N2OS.ClH/c1-13(2)18(23-12-14-6-4-3-5-7-14)19(22)21-10-15-8-9-17(20)16(15)11-21;/h3-7,13,15-18H,8-12,20H2,1-2H3;1H. The summed E-state index contributed by atoms with van der Waals surface area (Å²) in [5, 5.41) is 0.0465. The maximum absolute atomic E-state index is 13.0. The van der Waals surface area contributed by atoms with Gasteiger partial charge >= 0.3 is 0 Å². The minimum absolute atomic E-state index is 0. The van der Waals surface area contributed by atoms with Gasteiger partial charge in [-0.3, -0.25) is 4.79 Å². The van der Waals surface area contributed by atoms with Gasteiger partial charge in [0, 0.05) is 24.9 Å². The SMILES string of the molecule is CC(C)C(SCc1ccccc1)C(=O)N1CC2CCC(N)C2C1.Cl. The number of nitrogens with two attached hydrogens (primary N) is 1. The summed E-state index contributed by atoms with van der Waals surface area (Å²) in [6.07, 6.45) is 2.33. The van der Waals surface area contributed by atoms with Crippen molar-refractivity contribution >= 4 is 30.1 Å². The lowest BCUT2D eigenvalue weighted by Gasteiger charge is -2.26. The van der Waals surface area contributed by atoms with Crippen molar-refractivity contribution in [2.75, 3.05) is 13.1 Å². The molecule has 2 aliphatic rings. The van der Waals surface area contributed by atoms with Crippen molar-refractivity contribution in [3.63, 3.8) is 0 Å². The first-order valence-electron chi connectivity index (χ1n) is 8.76. The number of fused-ring (bicyclic) bond motifs is 1. The van der Waals surface area contributed by atoms with Gasteiger partial charge in [0.2, 0.25) is 5.91 Å². The number of amides is 1. The van der Waals surface area contributed by atoms with E-state index < -0.39 is 0 Å². The Labute approximate surface area is 156 Å². The van der Waals surface area contributed by atoms with Gasteiger partial charge in [-0.25, -0.2) is 0 Å². The number of hydrogen-bond acceptors (Lipinski definition) is 3. The lowest BCUT2D eigenvalue weighted by Crippen LogP contribution is -2.40. The van der Waals surface area contributed by atoms with Crippen LogP contribution >= 0.6 is 24.2 Å². The van der Waals surface area contributed by atoms with Crippen LogP contribution in [0.2, 0.25) is 0 Å². The zero-order chi connectivity index (χ0) is 16.4. The van der Waals surface area contributed by atoms with Gasteiger partial charge in [0.25, 0.3) is 0 Å². The number of thioether (sulfide) groups is 1. The molecule has 1 aromatic rings. The van der Waals surface area contributed by atoms with Crippen molar-refractivity contribution in [2.45, 2.75) is 43.7 Å². The van der Waals surface area contributed by atoms with E-state index in [0.29, 0.717) is 29.7 Å². The fourth-order valence-electron chi connectivity index (χ4n) is 3.98.